The number of hydrogen-bond acceptors (Lipinski definition) is 8. The van der Waals surface area contributed by atoms with E-state index in [9.17, 15) is 4.79 Å². The van der Waals surface area contributed by atoms with Crippen molar-refractivity contribution in [2.75, 3.05) is 47.1 Å². The Morgan fingerprint density at radius 1 is 1.22 bits per heavy atom. The van der Waals surface area contributed by atoms with Gasteiger partial charge < -0.3 is 19.5 Å². The molecule has 4 rings (SSSR count). The highest BCUT2D eigenvalue weighted by molar-refractivity contribution is 7.23. The van der Waals surface area contributed by atoms with Gasteiger partial charge in [0.25, 0.3) is 5.91 Å². The quantitative estimate of drug-likeness (QED) is 0.503. The monoisotopic (exact) mass is 493 g/mol. The number of nitrogens with zero attached hydrogens (tertiary/aromatic N) is 2. The molecule has 10 heteroatoms. The molecule has 7 nitrogen and oxygen atoms in total. The van der Waals surface area contributed by atoms with Crippen molar-refractivity contribution in [2.45, 2.75) is 6.04 Å². The van der Waals surface area contributed by atoms with Crippen molar-refractivity contribution in [1.82, 2.24) is 15.2 Å². The van der Waals surface area contributed by atoms with Crippen LogP contribution >= 0.6 is 34.3 Å². The fraction of sp³-hybridized carbons (Fsp3) is 0.364. The molecule has 2 aromatic heterocycles. The van der Waals surface area contributed by atoms with Crippen LogP contribution in [-0.2, 0) is 4.74 Å². The minimum Gasteiger partial charge on any atom is -0.493 e. The van der Waals surface area contributed by atoms with Crippen LogP contribution in [0.4, 0.5) is 0 Å². The molecule has 1 saturated heterocycles. The molecule has 0 spiro atoms. The van der Waals surface area contributed by atoms with Crippen LogP contribution in [0.5, 0.6) is 11.5 Å². The Morgan fingerprint density at radius 2 is 2.00 bits per heavy atom. The summed E-state index contributed by atoms with van der Waals surface area (Å²) in [5.74, 6) is 1.13. The number of thiophene rings is 1. The third-order valence-corrected chi connectivity index (χ3v) is 7.50. The van der Waals surface area contributed by atoms with E-state index in [0.717, 1.165) is 28.5 Å². The topological polar surface area (TPSA) is 72.9 Å². The van der Waals surface area contributed by atoms with Gasteiger partial charge in [0, 0.05) is 25.0 Å². The second kappa shape index (κ2) is 10.6. The third-order valence-electron chi connectivity index (χ3n) is 5.26. The number of benzene rings is 1. The number of carbonyl (C=O) groups excluding carboxylic acids is 1. The van der Waals surface area contributed by atoms with E-state index < -0.39 is 0 Å². The second-order valence-corrected chi connectivity index (χ2v) is 9.70. The first kappa shape index (κ1) is 23.0. The lowest BCUT2D eigenvalue weighted by atomic mass is 10.0. The molecule has 1 N–H and O–H groups in total. The number of aromatic nitrogens is 1. The maximum absolute atomic E-state index is 12.9. The maximum atomic E-state index is 12.9. The summed E-state index contributed by atoms with van der Waals surface area (Å²) in [5.41, 5.74) is 1.44. The number of thiazole rings is 1. The molecule has 3 heterocycles. The third kappa shape index (κ3) is 5.24. The van der Waals surface area contributed by atoms with Crippen LogP contribution in [0.15, 0.2) is 35.7 Å². The highest BCUT2D eigenvalue weighted by Crippen LogP contribution is 2.34. The SMILES string of the molecule is COc1ccc(C(CNC(=O)c2csc(-c3ccc(Cl)s3)n2)N2CCOCC2)cc1OC. The fourth-order valence-electron chi connectivity index (χ4n) is 3.61. The average molecular weight is 494 g/mol. The van der Waals surface area contributed by atoms with Crippen LogP contribution in [0, 0.1) is 0 Å². The molecular weight excluding hydrogens is 470 g/mol. The van der Waals surface area contributed by atoms with E-state index in [-0.39, 0.29) is 11.9 Å². The van der Waals surface area contributed by atoms with Gasteiger partial charge in [-0.3, -0.25) is 9.69 Å². The van der Waals surface area contributed by atoms with Crippen LogP contribution in [0.25, 0.3) is 9.88 Å². The largest absolute Gasteiger partial charge is 0.493 e. The average Bonchev–Trinajstić information content (AvgIpc) is 3.49. The van der Waals surface area contributed by atoms with Crippen molar-refractivity contribution in [3.8, 4) is 21.4 Å². The van der Waals surface area contributed by atoms with Crippen molar-refractivity contribution >= 4 is 40.2 Å². The van der Waals surface area contributed by atoms with Crippen molar-refractivity contribution < 1.29 is 19.0 Å². The summed E-state index contributed by atoms with van der Waals surface area (Å²) >= 11 is 8.90. The normalized spacial score (nSPS) is 15.3. The zero-order valence-electron chi connectivity index (χ0n) is 17.8. The van der Waals surface area contributed by atoms with Crippen molar-refractivity contribution in [3.05, 3.63) is 51.3 Å². The van der Waals surface area contributed by atoms with E-state index in [4.69, 9.17) is 25.8 Å². The smallest absolute Gasteiger partial charge is 0.270 e. The molecule has 1 amide bonds. The summed E-state index contributed by atoms with van der Waals surface area (Å²) in [6.45, 7) is 3.34. The number of carbonyl (C=O) groups is 1. The first-order chi connectivity index (χ1) is 15.6. The number of rotatable bonds is 8. The fourth-order valence-corrected chi connectivity index (χ4v) is 5.52. The number of morpholine rings is 1. The Balaban J connectivity index is 1.50. The zero-order valence-corrected chi connectivity index (χ0v) is 20.2. The van der Waals surface area contributed by atoms with Gasteiger partial charge in [0.05, 0.1) is 42.7 Å². The Kier molecular flexibility index (Phi) is 7.64. The first-order valence-corrected chi connectivity index (χ1v) is 12.2. The van der Waals surface area contributed by atoms with E-state index in [1.165, 1.54) is 22.7 Å². The Bertz CT molecular complexity index is 1070. The summed E-state index contributed by atoms with van der Waals surface area (Å²) in [7, 11) is 3.23. The molecule has 0 aliphatic carbocycles. The van der Waals surface area contributed by atoms with Gasteiger partial charge >= 0.3 is 0 Å². The van der Waals surface area contributed by atoms with Crippen LogP contribution in [0.1, 0.15) is 22.1 Å². The summed E-state index contributed by atoms with van der Waals surface area (Å²) < 4.78 is 17.1. The second-order valence-electron chi connectivity index (χ2n) is 7.13. The first-order valence-electron chi connectivity index (χ1n) is 10.1. The highest BCUT2D eigenvalue weighted by atomic mass is 35.5. The standard InChI is InChI=1S/C22H24ClN3O4S2/c1-28-17-4-3-14(11-18(17)29-2)16(26-7-9-30-10-8-26)12-24-21(27)15-13-31-22(25-15)19-5-6-20(23)32-19/h3-6,11,13,16H,7-10,12H2,1-2H3,(H,24,27). The number of ether oxygens (including phenoxy) is 3. The van der Waals surface area contributed by atoms with Crippen LogP contribution < -0.4 is 14.8 Å². The summed E-state index contributed by atoms with van der Waals surface area (Å²) in [6, 6.07) is 9.58. The van der Waals surface area contributed by atoms with E-state index in [2.05, 4.69) is 15.2 Å². The zero-order chi connectivity index (χ0) is 22.5. The van der Waals surface area contributed by atoms with Gasteiger partial charge in [-0.05, 0) is 29.8 Å². The van der Waals surface area contributed by atoms with Crippen LogP contribution in [0.3, 0.4) is 0 Å². The molecule has 0 bridgehead atoms. The van der Waals surface area contributed by atoms with Gasteiger partial charge in [0.15, 0.2) is 11.5 Å². The lowest BCUT2D eigenvalue weighted by molar-refractivity contribution is 0.0161. The summed E-state index contributed by atoms with van der Waals surface area (Å²) in [6.07, 6.45) is 0. The molecule has 0 radical (unpaired) electrons. The molecule has 3 aromatic rings. The molecular formula is C22H24ClN3O4S2. The number of halogens is 1. The predicted octanol–water partition coefficient (Wildman–Crippen LogP) is 4.35. The number of amides is 1. The number of nitrogens with one attached hydrogen (secondary N) is 1. The van der Waals surface area contributed by atoms with Gasteiger partial charge in [-0.1, -0.05) is 17.7 Å². The molecule has 32 heavy (non-hydrogen) atoms. The molecule has 1 aliphatic rings. The van der Waals surface area contributed by atoms with Gasteiger partial charge in [0.2, 0.25) is 0 Å². The lowest BCUT2D eigenvalue weighted by Crippen LogP contribution is -2.43. The maximum Gasteiger partial charge on any atom is 0.270 e. The predicted molar refractivity (Wildman–Crippen MR) is 127 cm³/mol. The molecule has 1 fully saturated rings. The lowest BCUT2D eigenvalue weighted by Gasteiger charge is -2.35. The molecule has 1 aliphatic heterocycles. The Hall–Kier alpha value is -2.17. The van der Waals surface area contributed by atoms with Gasteiger partial charge in [-0.2, -0.15) is 0 Å². The molecule has 1 unspecified atom stereocenters. The van der Waals surface area contributed by atoms with Gasteiger partial charge in [0.1, 0.15) is 10.7 Å². The van der Waals surface area contributed by atoms with Crippen molar-refractivity contribution in [1.29, 1.82) is 0 Å². The van der Waals surface area contributed by atoms with E-state index in [1.54, 1.807) is 19.6 Å². The van der Waals surface area contributed by atoms with Crippen molar-refractivity contribution in [2.24, 2.45) is 0 Å². The minimum absolute atomic E-state index is 0.0307. The molecule has 170 valence electrons. The van der Waals surface area contributed by atoms with Gasteiger partial charge in [-0.15, -0.1) is 22.7 Å². The molecule has 1 aromatic carbocycles. The Labute approximate surface area is 199 Å². The van der Waals surface area contributed by atoms with Crippen molar-refractivity contribution in [3.63, 3.8) is 0 Å². The van der Waals surface area contributed by atoms with E-state index in [0.29, 0.717) is 41.3 Å². The highest BCUT2D eigenvalue weighted by Gasteiger charge is 2.25. The van der Waals surface area contributed by atoms with E-state index in [1.807, 2.05) is 30.3 Å². The van der Waals surface area contributed by atoms with Gasteiger partial charge in [-0.25, -0.2) is 4.98 Å². The van der Waals surface area contributed by atoms with Crippen LogP contribution in [0.2, 0.25) is 4.34 Å². The summed E-state index contributed by atoms with van der Waals surface area (Å²) in [4.78, 5) is 20.6. The molecule has 1 atom stereocenters. The Morgan fingerprint density at radius 3 is 2.69 bits per heavy atom. The van der Waals surface area contributed by atoms with E-state index >= 15 is 0 Å². The summed E-state index contributed by atoms with van der Waals surface area (Å²) in [5, 5.41) is 5.62. The van der Waals surface area contributed by atoms with Crippen LogP contribution in [-0.4, -0.2) is 62.9 Å². The molecule has 0 saturated carbocycles. The minimum atomic E-state index is -0.200. The number of methoxy groups -OCH3 is 2. The number of hydrogen-bond donors (Lipinski definition) is 1.